The second-order valence-corrected chi connectivity index (χ2v) is 9.86. The van der Waals surface area contributed by atoms with Gasteiger partial charge < -0.3 is 4.90 Å². The Bertz CT molecular complexity index is 808. The Hall–Kier alpha value is -1.05. The summed E-state index contributed by atoms with van der Waals surface area (Å²) < 4.78 is 24.1. The molecule has 2 heterocycles. The van der Waals surface area contributed by atoms with E-state index in [1.807, 2.05) is 30.9 Å². The number of hydrogen-bond acceptors (Lipinski definition) is 4. The Balaban J connectivity index is 2.05. The van der Waals surface area contributed by atoms with Gasteiger partial charge in [-0.15, -0.1) is 0 Å². The summed E-state index contributed by atoms with van der Waals surface area (Å²) >= 11 is 7.62. The number of benzene rings is 1. The predicted molar refractivity (Wildman–Crippen MR) is 99.8 cm³/mol. The zero-order valence-electron chi connectivity index (χ0n) is 13.5. The molecule has 1 aromatic carbocycles. The molecule has 3 rings (SSSR count). The zero-order chi connectivity index (χ0) is 17.5. The number of amidine groups is 1. The number of anilines is 1. The number of thioether (sulfide) groups is 1. The van der Waals surface area contributed by atoms with E-state index < -0.39 is 9.84 Å². The van der Waals surface area contributed by atoms with Crippen LogP contribution in [0.5, 0.6) is 0 Å². The van der Waals surface area contributed by atoms with Crippen molar-refractivity contribution in [2.24, 2.45) is 4.99 Å². The van der Waals surface area contributed by atoms with Gasteiger partial charge in [0.15, 0.2) is 15.0 Å². The largest absolute Gasteiger partial charge is 0.315 e. The standard InChI is InChI=1S/C16H19ClN2O3S2/c1-3-5-15(20)18-16-19(12-7-4-6-11(17)10(12)2)13-8-24(21,22)9-14(13)23-16/h4,6-7,13-14H,3,5,8-9H2,1-2H3/t13-,14+/m0/s1. The van der Waals surface area contributed by atoms with E-state index in [0.717, 1.165) is 17.7 Å². The van der Waals surface area contributed by atoms with E-state index in [1.54, 1.807) is 6.07 Å². The smallest absolute Gasteiger partial charge is 0.248 e. The van der Waals surface area contributed by atoms with E-state index in [9.17, 15) is 13.2 Å². The summed E-state index contributed by atoms with van der Waals surface area (Å²) in [4.78, 5) is 18.2. The molecule has 130 valence electrons. The van der Waals surface area contributed by atoms with E-state index in [2.05, 4.69) is 4.99 Å². The Kier molecular flexibility index (Phi) is 4.95. The highest BCUT2D eigenvalue weighted by atomic mass is 35.5. The predicted octanol–water partition coefficient (Wildman–Crippen LogP) is 3.05. The van der Waals surface area contributed by atoms with Crippen LogP contribution in [0.15, 0.2) is 23.2 Å². The van der Waals surface area contributed by atoms with Crippen LogP contribution in [-0.2, 0) is 14.6 Å². The van der Waals surface area contributed by atoms with Crippen molar-refractivity contribution in [3.05, 3.63) is 28.8 Å². The molecular formula is C16H19ClN2O3S2. The lowest BCUT2D eigenvalue weighted by Crippen LogP contribution is -2.38. The van der Waals surface area contributed by atoms with Crippen LogP contribution < -0.4 is 4.90 Å². The summed E-state index contributed by atoms with van der Waals surface area (Å²) in [5, 5.41) is 1.10. The molecule has 8 heteroatoms. The van der Waals surface area contributed by atoms with Gasteiger partial charge in [-0.1, -0.05) is 36.4 Å². The summed E-state index contributed by atoms with van der Waals surface area (Å²) in [7, 11) is -3.07. The van der Waals surface area contributed by atoms with Crippen LogP contribution in [0.3, 0.4) is 0 Å². The first-order valence-corrected chi connectivity index (χ1v) is 10.9. The van der Waals surface area contributed by atoms with Crippen LogP contribution in [0, 0.1) is 6.92 Å². The number of nitrogens with zero attached hydrogens (tertiary/aromatic N) is 2. The molecule has 1 aromatic rings. The molecule has 2 aliphatic heterocycles. The Morgan fingerprint density at radius 2 is 2.17 bits per heavy atom. The number of rotatable bonds is 3. The van der Waals surface area contributed by atoms with Gasteiger partial charge in [-0.3, -0.25) is 4.79 Å². The van der Waals surface area contributed by atoms with Gasteiger partial charge in [-0.2, -0.15) is 4.99 Å². The second kappa shape index (κ2) is 6.69. The van der Waals surface area contributed by atoms with Crippen molar-refractivity contribution in [3.63, 3.8) is 0 Å². The first-order chi connectivity index (χ1) is 11.3. The fraction of sp³-hybridized carbons (Fsp3) is 0.500. The SMILES string of the molecule is CCCC(=O)N=C1S[C@@H]2CS(=O)(=O)C[C@@H]2N1c1cccc(Cl)c1C. The summed E-state index contributed by atoms with van der Waals surface area (Å²) in [6.45, 7) is 3.82. The van der Waals surface area contributed by atoms with Crippen molar-refractivity contribution >= 4 is 50.0 Å². The molecule has 0 unspecified atom stereocenters. The van der Waals surface area contributed by atoms with Gasteiger partial charge in [0.05, 0.1) is 17.5 Å². The minimum absolute atomic E-state index is 0.0810. The van der Waals surface area contributed by atoms with Crippen LogP contribution in [0.25, 0.3) is 0 Å². The molecule has 2 aliphatic rings. The molecule has 1 amide bonds. The van der Waals surface area contributed by atoms with Crippen molar-refractivity contribution in [2.45, 2.75) is 38.0 Å². The molecule has 5 nitrogen and oxygen atoms in total. The molecule has 2 saturated heterocycles. The van der Waals surface area contributed by atoms with Crippen LogP contribution >= 0.6 is 23.4 Å². The minimum Gasteiger partial charge on any atom is -0.315 e. The normalized spacial score (nSPS) is 26.8. The van der Waals surface area contributed by atoms with E-state index in [4.69, 9.17) is 11.6 Å². The van der Waals surface area contributed by atoms with Crippen LogP contribution in [0.1, 0.15) is 25.3 Å². The van der Waals surface area contributed by atoms with E-state index in [1.165, 1.54) is 11.8 Å². The molecule has 2 atom stereocenters. The van der Waals surface area contributed by atoms with Gasteiger partial charge in [0, 0.05) is 22.4 Å². The number of carbonyl (C=O) groups is 1. The Morgan fingerprint density at radius 3 is 2.88 bits per heavy atom. The number of sulfone groups is 1. The summed E-state index contributed by atoms with van der Waals surface area (Å²) in [6, 6.07) is 5.32. The minimum atomic E-state index is -3.07. The van der Waals surface area contributed by atoms with E-state index >= 15 is 0 Å². The third kappa shape index (κ3) is 3.34. The summed E-state index contributed by atoms with van der Waals surface area (Å²) in [5.74, 6) is 0.0318. The molecule has 0 bridgehead atoms. The van der Waals surface area contributed by atoms with E-state index in [-0.39, 0.29) is 28.7 Å². The quantitative estimate of drug-likeness (QED) is 0.798. The van der Waals surface area contributed by atoms with E-state index in [0.29, 0.717) is 16.6 Å². The molecule has 0 aliphatic carbocycles. The average molecular weight is 387 g/mol. The van der Waals surface area contributed by atoms with Gasteiger partial charge in [0.25, 0.3) is 0 Å². The van der Waals surface area contributed by atoms with Gasteiger partial charge in [0.1, 0.15) is 0 Å². The Morgan fingerprint density at radius 1 is 1.42 bits per heavy atom. The van der Waals surface area contributed by atoms with Crippen molar-refractivity contribution in [2.75, 3.05) is 16.4 Å². The van der Waals surface area contributed by atoms with Crippen LogP contribution in [0.2, 0.25) is 5.02 Å². The van der Waals surface area contributed by atoms with Crippen molar-refractivity contribution in [3.8, 4) is 0 Å². The van der Waals surface area contributed by atoms with Gasteiger partial charge in [-0.25, -0.2) is 8.42 Å². The molecule has 0 radical (unpaired) electrons. The maximum absolute atomic E-state index is 12.0. The average Bonchev–Trinajstić information content (AvgIpc) is 2.94. The van der Waals surface area contributed by atoms with Crippen molar-refractivity contribution in [1.29, 1.82) is 0 Å². The van der Waals surface area contributed by atoms with Gasteiger partial charge in [0.2, 0.25) is 5.91 Å². The highest BCUT2D eigenvalue weighted by Gasteiger charge is 2.49. The van der Waals surface area contributed by atoms with Crippen LogP contribution in [0.4, 0.5) is 5.69 Å². The highest BCUT2D eigenvalue weighted by molar-refractivity contribution is 8.16. The van der Waals surface area contributed by atoms with Crippen molar-refractivity contribution < 1.29 is 13.2 Å². The highest BCUT2D eigenvalue weighted by Crippen LogP contribution is 2.42. The molecule has 0 aromatic heterocycles. The van der Waals surface area contributed by atoms with Gasteiger partial charge in [-0.05, 0) is 31.0 Å². The fourth-order valence-electron chi connectivity index (χ4n) is 3.08. The summed E-state index contributed by atoms with van der Waals surface area (Å²) in [6.07, 6.45) is 1.12. The molecule has 0 saturated carbocycles. The fourth-order valence-corrected chi connectivity index (χ4v) is 7.17. The van der Waals surface area contributed by atoms with Crippen LogP contribution in [-0.4, -0.2) is 42.3 Å². The topological polar surface area (TPSA) is 66.8 Å². The lowest BCUT2D eigenvalue weighted by molar-refractivity contribution is -0.117. The number of aliphatic imine (C=N–C) groups is 1. The third-order valence-electron chi connectivity index (χ3n) is 4.25. The summed E-state index contributed by atoms with van der Waals surface area (Å²) in [5.41, 5.74) is 1.68. The van der Waals surface area contributed by atoms with Crippen molar-refractivity contribution in [1.82, 2.24) is 0 Å². The third-order valence-corrected chi connectivity index (χ3v) is 7.87. The number of carbonyl (C=O) groups excluding carboxylic acids is 1. The van der Waals surface area contributed by atoms with Gasteiger partial charge >= 0.3 is 0 Å². The number of fused-ring (bicyclic) bond motifs is 1. The number of amides is 1. The molecule has 2 fully saturated rings. The molecule has 0 N–H and O–H groups in total. The monoisotopic (exact) mass is 386 g/mol. The first kappa shape index (κ1) is 17.8. The zero-order valence-corrected chi connectivity index (χ0v) is 15.9. The maximum atomic E-state index is 12.0. The number of hydrogen-bond donors (Lipinski definition) is 0. The lowest BCUT2D eigenvalue weighted by atomic mass is 10.1. The second-order valence-electron chi connectivity index (χ2n) is 6.09. The molecule has 24 heavy (non-hydrogen) atoms. The first-order valence-electron chi connectivity index (χ1n) is 7.85. The lowest BCUT2D eigenvalue weighted by Gasteiger charge is -2.26. The number of halogens is 1. The Labute approximate surface area is 151 Å². The molecular weight excluding hydrogens is 368 g/mol. The molecule has 0 spiro atoms. The maximum Gasteiger partial charge on any atom is 0.248 e.